The highest BCUT2D eigenvalue weighted by Gasteiger charge is 2.21. The smallest absolute Gasteiger partial charge is 0.338 e. The first-order chi connectivity index (χ1) is 9.72. The van der Waals surface area contributed by atoms with Crippen molar-refractivity contribution in [3.05, 3.63) is 53.3 Å². The molecule has 0 aliphatic carbocycles. The third kappa shape index (κ3) is 1.54. The Morgan fingerprint density at radius 3 is 3.05 bits per heavy atom. The fourth-order valence-electron chi connectivity index (χ4n) is 2.63. The summed E-state index contributed by atoms with van der Waals surface area (Å²) in [7, 11) is 0. The molecule has 3 heterocycles. The van der Waals surface area contributed by atoms with Crippen LogP contribution in [0.1, 0.15) is 21.5 Å². The predicted molar refractivity (Wildman–Crippen MR) is 75.4 cm³/mol. The van der Waals surface area contributed by atoms with E-state index in [1.54, 1.807) is 0 Å². The van der Waals surface area contributed by atoms with Crippen LogP contribution in [0.5, 0.6) is 0 Å². The number of benzene rings is 1. The minimum absolute atomic E-state index is 0.240. The Morgan fingerprint density at radius 2 is 2.15 bits per heavy atom. The average Bonchev–Trinajstić information content (AvgIpc) is 3.02. The Kier molecular flexibility index (Phi) is 2.21. The lowest BCUT2D eigenvalue weighted by Crippen LogP contribution is -1.93. The zero-order valence-electron chi connectivity index (χ0n) is 10.9. The van der Waals surface area contributed by atoms with Gasteiger partial charge in [0.1, 0.15) is 12.3 Å². The van der Waals surface area contributed by atoms with Crippen LogP contribution in [0.3, 0.4) is 0 Å². The molecule has 0 amide bonds. The molecule has 0 fully saturated rings. The maximum absolute atomic E-state index is 11.7. The number of pyridine rings is 1. The van der Waals surface area contributed by atoms with Crippen LogP contribution in [0.2, 0.25) is 0 Å². The molecule has 4 rings (SSSR count). The zero-order chi connectivity index (χ0) is 13.7. The van der Waals surface area contributed by atoms with Crippen LogP contribution in [0.25, 0.3) is 22.2 Å². The highest BCUT2D eigenvalue weighted by molar-refractivity contribution is 5.98. The van der Waals surface area contributed by atoms with Gasteiger partial charge in [0.05, 0.1) is 5.56 Å². The molecule has 0 spiro atoms. The van der Waals surface area contributed by atoms with E-state index in [0.717, 1.165) is 33.3 Å². The second-order valence-electron chi connectivity index (χ2n) is 5.06. The average molecular weight is 264 g/mol. The van der Waals surface area contributed by atoms with E-state index in [-0.39, 0.29) is 5.97 Å². The number of hydrogen-bond donors (Lipinski definition) is 1. The molecule has 98 valence electrons. The number of carbonyl (C=O) groups excluding carboxylic acids is 1. The van der Waals surface area contributed by atoms with Gasteiger partial charge >= 0.3 is 5.97 Å². The van der Waals surface area contributed by atoms with Crippen molar-refractivity contribution in [1.82, 2.24) is 9.97 Å². The van der Waals surface area contributed by atoms with Crippen LogP contribution in [0.15, 0.2) is 36.7 Å². The van der Waals surface area contributed by atoms with Gasteiger partial charge in [-0.3, -0.25) is 0 Å². The number of aromatic nitrogens is 2. The molecule has 1 aliphatic rings. The summed E-state index contributed by atoms with van der Waals surface area (Å²) in [4.78, 5) is 19.2. The molecule has 4 heteroatoms. The zero-order valence-corrected chi connectivity index (χ0v) is 10.9. The van der Waals surface area contributed by atoms with Crippen molar-refractivity contribution in [2.75, 3.05) is 0 Å². The Morgan fingerprint density at radius 1 is 1.25 bits per heavy atom. The third-order valence-corrected chi connectivity index (χ3v) is 3.67. The number of hydrogen-bond acceptors (Lipinski definition) is 3. The fraction of sp³-hybridized carbons (Fsp3) is 0.125. The molecule has 3 aromatic rings. The van der Waals surface area contributed by atoms with Crippen molar-refractivity contribution in [1.29, 1.82) is 0 Å². The van der Waals surface area contributed by atoms with Gasteiger partial charge in [0.15, 0.2) is 0 Å². The van der Waals surface area contributed by atoms with Gasteiger partial charge in [-0.15, -0.1) is 0 Å². The molecule has 0 bridgehead atoms. The number of H-pyrrole nitrogens is 1. The fourth-order valence-corrected chi connectivity index (χ4v) is 2.63. The first-order valence-electron chi connectivity index (χ1n) is 6.46. The second-order valence-corrected chi connectivity index (χ2v) is 5.06. The van der Waals surface area contributed by atoms with E-state index in [1.807, 2.05) is 37.5 Å². The molecule has 2 aromatic heterocycles. The van der Waals surface area contributed by atoms with E-state index in [0.29, 0.717) is 12.2 Å². The summed E-state index contributed by atoms with van der Waals surface area (Å²) in [6.45, 7) is 2.40. The van der Waals surface area contributed by atoms with Gasteiger partial charge in [-0.25, -0.2) is 9.78 Å². The Bertz CT molecular complexity index is 849. The van der Waals surface area contributed by atoms with E-state index in [1.165, 1.54) is 0 Å². The quantitative estimate of drug-likeness (QED) is 0.687. The number of rotatable bonds is 1. The lowest BCUT2D eigenvalue weighted by Gasteiger charge is -2.02. The summed E-state index contributed by atoms with van der Waals surface area (Å²) in [5.74, 6) is -0.240. The van der Waals surface area contributed by atoms with Crippen LogP contribution < -0.4 is 0 Å². The van der Waals surface area contributed by atoms with Crippen molar-refractivity contribution in [3.8, 4) is 11.1 Å². The Labute approximate surface area is 115 Å². The van der Waals surface area contributed by atoms with E-state index in [4.69, 9.17) is 4.74 Å². The molecule has 0 unspecified atom stereocenters. The first-order valence-corrected chi connectivity index (χ1v) is 6.46. The van der Waals surface area contributed by atoms with Crippen LogP contribution in [-0.2, 0) is 11.3 Å². The van der Waals surface area contributed by atoms with Crippen LogP contribution >= 0.6 is 0 Å². The minimum Gasteiger partial charge on any atom is -0.457 e. The summed E-state index contributed by atoms with van der Waals surface area (Å²) in [6.07, 6.45) is 3.77. The van der Waals surface area contributed by atoms with Crippen molar-refractivity contribution in [2.45, 2.75) is 13.5 Å². The number of aryl methyl sites for hydroxylation is 1. The normalized spacial score (nSPS) is 13.6. The van der Waals surface area contributed by atoms with Gasteiger partial charge in [-0.05, 0) is 30.2 Å². The number of nitrogens with one attached hydrogen (secondary N) is 1. The lowest BCUT2D eigenvalue weighted by atomic mass is 10.00. The largest absolute Gasteiger partial charge is 0.457 e. The van der Waals surface area contributed by atoms with Gasteiger partial charge in [0.2, 0.25) is 0 Å². The minimum atomic E-state index is -0.240. The number of ether oxygens (including phenoxy) is 1. The SMILES string of the molecule is Cc1cnc2[nH]cc(-c3ccc4c(c3)C(=O)OC4)c2c1. The molecule has 4 nitrogen and oxygen atoms in total. The summed E-state index contributed by atoms with van der Waals surface area (Å²) in [6, 6.07) is 7.97. The number of esters is 1. The summed E-state index contributed by atoms with van der Waals surface area (Å²) < 4.78 is 5.04. The molecule has 1 aromatic carbocycles. The first kappa shape index (κ1) is 11.2. The molecule has 0 atom stereocenters. The Balaban J connectivity index is 1.93. The third-order valence-electron chi connectivity index (χ3n) is 3.67. The molecule has 0 radical (unpaired) electrons. The van der Waals surface area contributed by atoms with Crippen molar-refractivity contribution < 1.29 is 9.53 Å². The summed E-state index contributed by atoms with van der Waals surface area (Å²) >= 11 is 0. The maximum atomic E-state index is 11.7. The Hall–Kier alpha value is -2.62. The lowest BCUT2D eigenvalue weighted by molar-refractivity contribution is 0.0535. The number of nitrogens with zero attached hydrogens (tertiary/aromatic N) is 1. The number of aromatic amines is 1. The molecular weight excluding hydrogens is 252 g/mol. The van der Waals surface area contributed by atoms with Crippen molar-refractivity contribution >= 4 is 17.0 Å². The van der Waals surface area contributed by atoms with E-state index < -0.39 is 0 Å². The van der Waals surface area contributed by atoms with Crippen molar-refractivity contribution in [3.63, 3.8) is 0 Å². The van der Waals surface area contributed by atoms with Crippen molar-refractivity contribution in [2.24, 2.45) is 0 Å². The monoisotopic (exact) mass is 264 g/mol. The van der Waals surface area contributed by atoms with Crippen LogP contribution in [0.4, 0.5) is 0 Å². The molecule has 0 saturated heterocycles. The summed E-state index contributed by atoms with van der Waals surface area (Å²) in [5, 5.41) is 1.07. The predicted octanol–water partition coefficient (Wildman–Crippen LogP) is 3.21. The van der Waals surface area contributed by atoms with E-state index in [9.17, 15) is 4.79 Å². The maximum Gasteiger partial charge on any atom is 0.338 e. The van der Waals surface area contributed by atoms with Gasteiger partial charge < -0.3 is 9.72 Å². The van der Waals surface area contributed by atoms with Gasteiger partial charge in [0.25, 0.3) is 0 Å². The molecule has 1 N–H and O–H groups in total. The highest BCUT2D eigenvalue weighted by Crippen LogP contribution is 2.31. The summed E-state index contributed by atoms with van der Waals surface area (Å²) in [5.41, 5.74) is 5.64. The number of fused-ring (bicyclic) bond motifs is 2. The highest BCUT2D eigenvalue weighted by atomic mass is 16.5. The number of cyclic esters (lactones) is 1. The second kappa shape index (κ2) is 3.93. The molecule has 1 aliphatic heterocycles. The van der Waals surface area contributed by atoms with Crippen LogP contribution in [-0.4, -0.2) is 15.9 Å². The van der Waals surface area contributed by atoms with Gasteiger partial charge in [-0.2, -0.15) is 0 Å². The standard InChI is InChI=1S/C16H12N2O2/c1-9-4-13-14(7-18-15(13)17-6-9)10-2-3-11-8-20-16(19)12(11)5-10/h2-7H,8H2,1H3,(H,17,18). The molecule has 0 saturated carbocycles. The van der Waals surface area contributed by atoms with E-state index >= 15 is 0 Å². The van der Waals surface area contributed by atoms with Crippen LogP contribution in [0, 0.1) is 6.92 Å². The van der Waals surface area contributed by atoms with E-state index in [2.05, 4.69) is 16.0 Å². The topological polar surface area (TPSA) is 55.0 Å². The molecule has 20 heavy (non-hydrogen) atoms. The number of carbonyl (C=O) groups is 1. The van der Waals surface area contributed by atoms with Gasteiger partial charge in [0, 0.05) is 28.9 Å². The molecular formula is C16H12N2O2. The van der Waals surface area contributed by atoms with Gasteiger partial charge in [-0.1, -0.05) is 12.1 Å².